The molecule has 1 aliphatic carbocycles. The Hall–Kier alpha value is -4.44. The molecule has 0 radical (unpaired) electrons. The first-order valence-electron chi connectivity index (χ1n) is 20.5. The highest BCUT2D eigenvalue weighted by Crippen LogP contribution is 2.39. The molecule has 5 N–H and O–H groups in total. The van der Waals surface area contributed by atoms with Crippen LogP contribution >= 0.6 is 0 Å². The van der Waals surface area contributed by atoms with Crippen LogP contribution in [0.3, 0.4) is 0 Å². The van der Waals surface area contributed by atoms with E-state index in [0.717, 1.165) is 13.0 Å². The summed E-state index contributed by atoms with van der Waals surface area (Å²) < 4.78 is 15.2. The van der Waals surface area contributed by atoms with Gasteiger partial charge in [-0.1, -0.05) is 5.21 Å². The molecule has 3 aliphatic rings. The Bertz CT molecular complexity index is 2430. The van der Waals surface area contributed by atoms with Crippen LogP contribution in [0.2, 0.25) is 0 Å². The third-order valence-corrected chi connectivity index (χ3v) is 11.0. The van der Waals surface area contributed by atoms with Crippen LogP contribution in [0.15, 0.2) is 37.7 Å². The van der Waals surface area contributed by atoms with E-state index in [4.69, 9.17) is 14.5 Å². The van der Waals surface area contributed by atoms with Gasteiger partial charge in [0.25, 0.3) is 16.7 Å². The van der Waals surface area contributed by atoms with E-state index in [2.05, 4.69) is 15.2 Å². The lowest BCUT2D eigenvalue weighted by molar-refractivity contribution is -0.304. The molecule has 4 heterocycles. The molecular weight excluding hydrogens is 779 g/mol. The van der Waals surface area contributed by atoms with E-state index in [9.17, 15) is 39.9 Å². The van der Waals surface area contributed by atoms with Gasteiger partial charge in [-0.3, -0.25) is 33.2 Å². The molecule has 6 rings (SSSR count). The number of aryl methyl sites for hydroxylation is 2. The summed E-state index contributed by atoms with van der Waals surface area (Å²) in [6.45, 7) is 2.45. The molecule has 60 heavy (non-hydrogen) atoms. The SMILES string of the molecule is CN(C)CCCc1cc2c(O)n(CCCN(C)C)c(=O)c3c(=NCCCn4cc(CO[C@H]5O[C@H](CO)[C@@H](O)[C@H](O)[C@@H]5O)nn4)cc4c(=O)n(CCCN(C)C)c(=O)c1c-4c23. The summed E-state index contributed by atoms with van der Waals surface area (Å²) >= 11 is 0. The van der Waals surface area contributed by atoms with Crippen LogP contribution in [0.25, 0.3) is 32.7 Å². The summed E-state index contributed by atoms with van der Waals surface area (Å²) in [5, 5.41) is 61.6. The van der Waals surface area contributed by atoms with E-state index in [1.165, 1.54) is 9.13 Å². The Morgan fingerprint density at radius 3 is 2.10 bits per heavy atom. The average Bonchev–Trinajstić information content (AvgIpc) is 3.66. The molecule has 1 fully saturated rings. The fraction of sp³-hybridized carbons (Fsp3) is 0.610. The van der Waals surface area contributed by atoms with Crippen molar-refractivity contribution in [1.29, 1.82) is 0 Å². The van der Waals surface area contributed by atoms with Crippen LogP contribution in [-0.4, -0.2) is 170 Å². The zero-order valence-electron chi connectivity index (χ0n) is 35.3. The van der Waals surface area contributed by atoms with Gasteiger partial charge in [-0.25, -0.2) is 0 Å². The van der Waals surface area contributed by atoms with Crippen molar-refractivity contribution >= 4 is 21.5 Å². The monoisotopic (exact) mass is 837 g/mol. The number of pyridine rings is 2. The second kappa shape index (κ2) is 19.5. The third kappa shape index (κ3) is 9.54. The number of rotatable bonds is 20. The number of aliphatic hydroxyl groups is 4. The topological polar surface area (TPSA) is 233 Å². The summed E-state index contributed by atoms with van der Waals surface area (Å²) in [7, 11) is 11.7. The maximum atomic E-state index is 14.5. The molecule has 1 aromatic carbocycles. The Balaban J connectivity index is 1.37. The standard InChI is InChI=1S/C41H59N9O10/c1-45(2)13-7-11-24-19-26-32-31-27(38(56)49(39(57)30(24)31)17-9-14-46(3)4)20-28(33(32)40(58)50(37(26)55)18-10-15-47(5)6)42-12-8-16-48-21-25(43-44-48)23-59-41-36(54)35(53)34(52)29(22-51)60-41/h19-21,29,34-36,41,51-55H,7-18,22-23H2,1-6H3/t29-,34-,35+,36+,41+/m1/s1. The predicted octanol–water partition coefficient (Wildman–Crippen LogP) is -1.34. The van der Waals surface area contributed by atoms with Gasteiger partial charge in [-0.05, 0) is 112 Å². The van der Waals surface area contributed by atoms with Gasteiger partial charge in [-0.2, -0.15) is 0 Å². The minimum absolute atomic E-state index is 0.141. The van der Waals surface area contributed by atoms with E-state index < -0.39 is 54.0 Å². The van der Waals surface area contributed by atoms with Gasteiger partial charge < -0.3 is 49.7 Å². The van der Waals surface area contributed by atoms with Gasteiger partial charge in [0.15, 0.2) is 6.29 Å². The average molecular weight is 838 g/mol. The maximum absolute atomic E-state index is 14.5. The summed E-state index contributed by atoms with van der Waals surface area (Å²) in [4.78, 5) is 54.2. The van der Waals surface area contributed by atoms with Crippen LogP contribution in [0.4, 0.5) is 0 Å². The summed E-state index contributed by atoms with van der Waals surface area (Å²) in [5.74, 6) is -0.208. The summed E-state index contributed by atoms with van der Waals surface area (Å²) in [6.07, 6.45) is -2.54. The number of hydrogen-bond donors (Lipinski definition) is 5. The van der Waals surface area contributed by atoms with Gasteiger partial charge in [0, 0.05) is 42.5 Å². The highest BCUT2D eigenvalue weighted by Gasteiger charge is 2.44. The number of aromatic hydroxyl groups is 1. The Labute approximate surface area is 346 Å². The molecule has 1 saturated heterocycles. The first-order chi connectivity index (χ1) is 28.6. The molecule has 0 saturated carbocycles. The van der Waals surface area contributed by atoms with Crippen molar-refractivity contribution in [3.8, 4) is 17.0 Å². The van der Waals surface area contributed by atoms with Crippen molar-refractivity contribution in [2.45, 2.75) is 89.1 Å². The number of benzene rings is 2. The molecule has 0 amide bonds. The lowest BCUT2D eigenvalue weighted by Crippen LogP contribution is -2.59. The molecule has 0 bridgehead atoms. The number of aliphatic hydroxyl groups excluding tert-OH is 4. The predicted molar refractivity (Wildman–Crippen MR) is 224 cm³/mol. The van der Waals surface area contributed by atoms with E-state index in [1.54, 1.807) is 16.9 Å². The van der Waals surface area contributed by atoms with Gasteiger partial charge >= 0.3 is 0 Å². The number of aromatic nitrogens is 5. The smallest absolute Gasteiger partial charge is 0.263 e. The first-order valence-corrected chi connectivity index (χ1v) is 20.5. The van der Waals surface area contributed by atoms with E-state index in [-0.39, 0.29) is 43.1 Å². The molecule has 328 valence electrons. The fourth-order valence-corrected chi connectivity index (χ4v) is 7.96. The largest absolute Gasteiger partial charge is 0.494 e. The van der Waals surface area contributed by atoms with Crippen molar-refractivity contribution in [1.82, 2.24) is 38.8 Å². The second-order valence-electron chi connectivity index (χ2n) is 16.5. The minimum Gasteiger partial charge on any atom is -0.494 e. The Kier molecular flexibility index (Phi) is 14.7. The zero-order valence-corrected chi connectivity index (χ0v) is 35.3. The molecule has 3 aromatic rings. The van der Waals surface area contributed by atoms with Crippen molar-refractivity contribution in [2.75, 3.05) is 75.1 Å². The van der Waals surface area contributed by atoms with Crippen molar-refractivity contribution in [2.24, 2.45) is 4.99 Å². The molecule has 5 atom stereocenters. The number of nitrogens with zero attached hydrogens (tertiary/aromatic N) is 9. The Morgan fingerprint density at radius 1 is 0.783 bits per heavy atom. The van der Waals surface area contributed by atoms with Crippen molar-refractivity contribution < 1.29 is 35.0 Å². The molecule has 2 aromatic heterocycles. The summed E-state index contributed by atoms with van der Waals surface area (Å²) in [6, 6.07) is 3.45. The molecule has 2 aliphatic heterocycles. The highest BCUT2D eigenvalue weighted by atomic mass is 16.7. The Morgan fingerprint density at radius 2 is 1.43 bits per heavy atom. The van der Waals surface area contributed by atoms with Gasteiger partial charge in [-0.15, -0.1) is 5.10 Å². The maximum Gasteiger partial charge on any atom is 0.263 e. The van der Waals surface area contributed by atoms with E-state index in [1.807, 2.05) is 58.2 Å². The lowest BCUT2D eigenvalue weighted by Gasteiger charge is -2.39. The van der Waals surface area contributed by atoms with Crippen LogP contribution < -0.4 is 22.0 Å². The second-order valence-corrected chi connectivity index (χ2v) is 16.5. The third-order valence-electron chi connectivity index (χ3n) is 11.0. The molecule has 0 spiro atoms. The number of ether oxygens (including phenoxy) is 2. The lowest BCUT2D eigenvalue weighted by atomic mass is 9.87. The van der Waals surface area contributed by atoms with Gasteiger partial charge in [0.05, 0.1) is 41.1 Å². The van der Waals surface area contributed by atoms with Crippen LogP contribution in [-0.2, 0) is 42.1 Å². The zero-order chi connectivity index (χ0) is 43.4. The first kappa shape index (κ1) is 45.1. The minimum atomic E-state index is -1.57. The highest BCUT2D eigenvalue weighted by molar-refractivity contribution is 6.16. The van der Waals surface area contributed by atoms with Crippen LogP contribution in [0.5, 0.6) is 5.88 Å². The van der Waals surface area contributed by atoms with Gasteiger partial charge in [0.1, 0.15) is 30.1 Å². The number of hydrogen-bond acceptors (Lipinski definition) is 16. The molecular formula is C41H59N9O10. The molecule has 19 nitrogen and oxygen atoms in total. The van der Waals surface area contributed by atoms with E-state index in [0.29, 0.717) is 83.7 Å². The fourth-order valence-electron chi connectivity index (χ4n) is 7.96. The van der Waals surface area contributed by atoms with Crippen LogP contribution in [0.1, 0.15) is 36.9 Å². The van der Waals surface area contributed by atoms with Gasteiger partial charge in [0.2, 0.25) is 5.88 Å². The summed E-state index contributed by atoms with van der Waals surface area (Å²) in [5.41, 5.74) is 0.436. The normalized spacial score (nSPS) is 20.4. The quantitative estimate of drug-likeness (QED) is 0.0451. The molecule has 0 unspecified atom stereocenters. The van der Waals surface area contributed by atoms with Crippen LogP contribution in [0, 0.1) is 0 Å². The van der Waals surface area contributed by atoms with Crippen molar-refractivity contribution in [3.05, 3.63) is 66.0 Å². The van der Waals surface area contributed by atoms with E-state index >= 15 is 0 Å². The van der Waals surface area contributed by atoms with Crippen molar-refractivity contribution in [3.63, 3.8) is 0 Å². The molecule has 19 heteroatoms.